The Balaban J connectivity index is 2.16. The Hall–Kier alpha value is -1.03. The van der Waals surface area contributed by atoms with Gasteiger partial charge in [0.05, 0.1) is 0 Å². The smallest absolute Gasteiger partial charge is 0.0407 e. The first-order valence-corrected chi connectivity index (χ1v) is 7.91. The molecule has 1 N–H and O–H groups in total. The van der Waals surface area contributed by atoms with Gasteiger partial charge in [0.1, 0.15) is 0 Å². The van der Waals surface area contributed by atoms with Gasteiger partial charge in [-0.05, 0) is 64.3 Å². The number of anilines is 1. The number of aryl methyl sites for hydroxylation is 2. The largest absolute Gasteiger partial charge is 0.381 e. The minimum Gasteiger partial charge on any atom is -0.381 e. The second-order valence-electron chi connectivity index (χ2n) is 4.64. The summed E-state index contributed by atoms with van der Waals surface area (Å²) in [7, 11) is 0. The van der Waals surface area contributed by atoms with E-state index in [1.165, 1.54) is 25.9 Å². The van der Waals surface area contributed by atoms with E-state index in [0.717, 1.165) is 19.4 Å². The molecule has 2 heteroatoms. The molecule has 2 aromatic carbocycles. The van der Waals surface area contributed by atoms with E-state index in [1.807, 2.05) is 0 Å². The van der Waals surface area contributed by atoms with Crippen LogP contribution in [0.25, 0.3) is 0 Å². The minimum atomic E-state index is 0.890. The van der Waals surface area contributed by atoms with Crippen molar-refractivity contribution in [1.82, 2.24) is 0 Å². The topological polar surface area (TPSA) is 12.0 Å². The van der Waals surface area contributed by atoms with E-state index in [9.17, 15) is 0 Å². The molecule has 2 aromatic rings. The van der Waals surface area contributed by atoms with Gasteiger partial charge < -0.3 is 5.32 Å². The fourth-order valence-electron chi connectivity index (χ4n) is 2.26. The van der Waals surface area contributed by atoms with Crippen molar-refractivity contribution < 1.29 is 0 Å². The van der Waals surface area contributed by atoms with Crippen LogP contribution in [0.3, 0.4) is 0 Å². The van der Waals surface area contributed by atoms with Crippen molar-refractivity contribution in [2.75, 3.05) is 5.32 Å². The summed E-state index contributed by atoms with van der Waals surface area (Å²) in [4.78, 5) is 0. The molecular formula is C17H20IN. The van der Waals surface area contributed by atoms with Gasteiger partial charge >= 0.3 is 0 Å². The molecule has 0 aliphatic rings. The van der Waals surface area contributed by atoms with Crippen molar-refractivity contribution in [3.05, 3.63) is 62.7 Å². The first-order chi connectivity index (χ1) is 9.24. The molecule has 19 heavy (non-hydrogen) atoms. The Morgan fingerprint density at radius 1 is 0.895 bits per heavy atom. The molecule has 0 amide bonds. The van der Waals surface area contributed by atoms with Crippen LogP contribution in [0.1, 0.15) is 30.5 Å². The molecule has 0 heterocycles. The Bertz CT molecular complexity index is 509. The van der Waals surface area contributed by atoms with Gasteiger partial charge in [-0.2, -0.15) is 0 Å². The average molecular weight is 365 g/mol. The van der Waals surface area contributed by atoms with Crippen molar-refractivity contribution in [3.63, 3.8) is 0 Å². The van der Waals surface area contributed by atoms with Crippen LogP contribution in [0, 0.1) is 3.57 Å². The van der Waals surface area contributed by atoms with Crippen LogP contribution >= 0.6 is 22.6 Å². The summed E-state index contributed by atoms with van der Waals surface area (Å²) in [5.41, 5.74) is 5.47. The summed E-state index contributed by atoms with van der Waals surface area (Å²) in [5.74, 6) is 0. The van der Waals surface area contributed by atoms with E-state index in [4.69, 9.17) is 0 Å². The normalized spacial score (nSPS) is 10.5. The van der Waals surface area contributed by atoms with Crippen molar-refractivity contribution >= 4 is 28.3 Å². The molecule has 0 atom stereocenters. The van der Waals surface area contributed by atoms with Crippen molar-refractivity contribution in [2.45, 2.75) is 33.2 Å². The quantitative estimate of drug-likeness (QED) is 0.733. The molecule has 0 aromatic heterocycles. The third kappa shape index (κ3) is 3.72. The molecule has 0 radical (unpaired) electrons. The Labute approximate surface area is 129 Å². The fraction of sp³-hybridized carbons (Fsp3) is 0.294. The lowest BCUT2D eigenvalue weighted by Gasteiger charge is -2.15. The van der Waals surface area contributed by atoms with E-state index in [2.05, 4.69) is 84.2 Å². The lowest BCUT2D eigenvalue weighted by molar-refractivity contribution is 1.05. The fourth-order valence-corrected chi connectivity index (χ4v) is 2.62. The van der Waals surface area contributed by atoms with Gasteiger partial charge in [0, 0.05) is 15.8 Å². The molecule has 0 unspecified atom stereocenters. The molecule has 0 spiro atoms. The molecule has 1 nitrogen and oxygen atoms in total. The zero-order valence-electron chi connectivity index (χ0n) is 11.5. The van der Waals surface area contributed by atoms with Gasteiger partial charge in [0.15, 0.2) is 0 Å². The monoisotopic (exact) mass is 365 g/mol. The minimum absolute atomic E-state index is 0.890. The summed E-state index contributed by atoms with van der Waals surface area (Å²) < 4.78 is 1.28. The SMILES string of the molecule is CCc1cccc(CC)c1NCc1ccc(I)cc1. The maximum Gasteiger partial charge on any atom is 0.0407 e. The second kappa shape index (κ2) is 6.94. The van der Waals surface area contributed by atoms with Crippen LogP contribution in [-0.4, -0.2) is 0 Å². The molecule has 2 rings (SSSR count). The molecular weight excluding hydrogens is 345 g/mol. The third-order valence-corrected chi connectivity index (χ3v) is 4.10. The number of nitrogens with one attached hydrogen (secondary N) is 1. The maximum absolute atomic E-state index is 3.62. The van der Waals surface area contributed by atoms with Gasteiger partial charge in [0.25, 0.3) is 0 Å². The lowest BCUT2D eigenvalue weighted by atomic mass is 10.0. The van der Waals surface area contributed by atoms with Crippen molar-refractivity contribution in [2.24, 2.45) is 0 Å². The van der Waals surface area contributed by atoms with Gasteiger partial charge in [-0.15, -0.1) is 0 Å². The molecule has 0 saturated heterocycles. The van der Waals surface area contributed by atoms with E-state index in [-0.39, 0.29) is 0 Å². The second-order valence-corrected chi connectivity index (χ2v) is 5.88. The first-order valence-electron chi connectivity index (χ1n) is 6.83. The summed E-state index contributed by atoms with van der Waals surface area (Å²) in [6.07, 6.45) is 2.14. The van der Waals surface area contributed by atoms with Crippen molar-refractivity contribution in [1.29, 1.82) is 0 Å². The Morgan fingerprint density at radius 2 is 1.47 bits per heavy atom. The maximum atomic E-state index is 3.62. The van der Waals surface area contributed by atoms with E-state index >= 15 is 0 Å². The summed E-state index contributed by atoms with van der Waals surface area (Å²) in [5, 5.41) is 3.62. The molecule has 0 fully saturated rings. The average Bonchev–Trinajstić information content (AvgIpc) is 2.46. The standard InChI is InChI=1S/C17H20IN/c1-3-14-6-5-7-15(4-2)17(14)19-12-13-8-10-16(18)11-9-13/h5-11,19H,3-4,12H2,1-2H3. The van der Waals surface area contributed by atoms with Crippen LogP contribution in [0.5, 0.6) is 0 Å². The summed E-state index contributed by atoms with van der Waals surface area (Å²) >= 11 is 2.34. The molecule has 100 valence electrons. The number of benzene rings is 2. The van der Waals surface area contributed by atoms with Crippen LogP contribution in [0.2, 0.25) is 0 Å². The number of hydrogen-bond donors (Lipinski definition) is 1. The van der Waals surface area contributed by atoms with Crippen LogP contribution in [0.15, 0.2) is 42.5 Å². The highest BCUT2D eigenvalue weighted by Gasteiger charge is 2.05. The zero-order chi connectivity index (χ0) is 13.7. The Kier molecular flexibility index (Phi) is 5.25. The zero-order valence-corrected chi connectivity index (χ0v) is 13.7. The van der Waals surface area contributed by atoms with Crippen LogP contribution < -0.4 is 5.32 Å². The molecule has 0 aliphatic carbocycles. The third-order valence-electron chi connectivity index (χ3n) is 3.38. The lowest BCUT2D eigenvalue weighted by Crippen LogP contribution is -2.05. The summed E-state index contributed by atoms with van der Waals surface area (Å²) in [6.45, 7) is 5.32. The number of para-hydroxylation sites is 1. The molecule has 0 bridgehead atoms. The highest BCUT2D eigenvalue weighted by Crippen LogP contribution is 2.23. The number of hydrogen-bond acceptors (Lipinski definition) is 1. The van der Waals surface area contributed by atoms with E-state index in [1.54, 1.807) is 0 Å². The van der Waals surface area contributed by atoms with Crippen LogP contribution in [0.4, 0.5) is 5.69 Å². The first kappa shape index (κ1) is 14.4. The number of rotatable bonds is 5. The van der Waals surface area contributed by atoms with Gasteiger partial charge in [-0.1, -0.05) is 44.2 Å². The van der Waals surface area contributed by atoms with Crippen molar-refractivity contribution in [3.8, 4) is 0 Å². The predicted octanol–water partition coefficient (Wildman–Crippen LogP) is 5.03. The highest BCUT2D eigenvalue weighted by atomic mass is 127. The van der Waals surface area contributed by atoms with E-state index in [0.29, 0.717) is 0 Å². The predicted molar refractivity (Wildman–Crippen MR) is 91.7 cm³/mol. The van der Waals surface area contributed by atoms with Gasteiger partial charge in [-0.25, -0.2) is 0 Å². The van der Waals surface area contributed by atoms with Crippen LogP contribution in [-0.2, 0) is 19.4 Å². The van der Waals surface area contributed by atoms with Gasteiger partial charge in [-0.3, -0.25) is 0 Å². The summed E-state index contributed by atoms with van der Waals surface area (Å²) in [6, 6.07) is 15.3. The molecule has 0 saturated carbocycles. The van der Waals surface area contributed by atoms with E-state index < -0.39 is 0 Å². The molecule has 0 aliphatic heterocycles. The number of halogens is 1. The highest BCUT2D eigenvalue weighted by molar-refractivity contribution is 14.1. The Morgan fingerprint density at radius 3 is 2.00 bits per heavy atom. The van der Waals surface area contributed by atoms with Gasteiger partial charge in [0.2, 0.25) is 0 Å².